The summed E-state index contributed by atoms with van der Waals surface area (Å²) in [5.74, 6) is -1.00. The second-order valence-electron chi connectivity index (χ2n) is 9.67. The standard InChI is InChI=1S/C28H26N2O3S/c1-17-12-23-26(28(33)30(27(23)32)18-8-4-2-5-9-18)24-16-29-19(14-22(17)24)13-21(15-25(29)31)34-20-10-6-3-7-11-20/h2-11,15,19,23-24,26H,12-14,16H2,1H3/t19-,23-,24+,26-/m0/s1. The summed E-state index contributed by atoms with van der Waals surface area (Å²) >= 11 is 1.66. The molecule has 1 aliphatic carbocycles. The third-order valence-electron chi connectivity index (χ3n) is 7.73. The molecule has 0 aromatic heterocycles. The molecule has 0 saturated carbocycles. The van der Waals surface area contributed by atoms with Crippen LogP contribution in [0.15, 0.2) is 87.7 Å². The fourth-order valence-electron chi connectivity index (χ4n) is 6.19. The lowest BCUT2D eigenvalue weighted by atomic mass is 9.66. The number of thioether (sulfide) groups is 1. The number of para-hydroxylation sites is 1. The van der Waals surface area contributed by atoms with E-state index in [4.69, 9.17) is 0 Å². The molecule has 0 unspecified atom stereocenters. The quantitative estimate of drug-likeness (QED) is 0.477. The summed E-state index contributed by atoms with van der Waals surface area (Å²) in [6, 6.07) is 19.5. The van der Waals surface area contributed by atoms with Crippen LogP contribution >= 0.6 is 11.8 Å². The Kier molecular flexibility index (Phi) is 5.21. The normalized spacial score (nSPS) is 28.5. The summed E-state index contributed by atoms with van der Waals surface area (Å²) in [7, 11) is 0. The molecule has 34 heavy (non-hydrogen) atoms. The summed E-state index contributed by atoms with van der Waals surface area (Å²) < 4.78 is 0. The van der Waals surface area contributed by atoms with Gasteiger partial charge in [-0.3, -0.25) is 19.3 Å². The number of anilines is 1. The van der Waals surface area contributed by atoms with Crippen LogP contribution in [-0.4, -0.2) is 35.2 Å². The molecule has 0 radical (unpaired) electrons. The first-order valence-corrected chi connectivity index (χ1v) is 12.7. The zero-order valence-corrected chi connectivity index (χ0v) is 19.8. The van der Waals surface area contributed by atoms with Gasteiger partial charge in [0.25, 0.3) is 0 Å². The number of allylic oxidation sites excluding steroid dienone is 1. The average molecular weight is 471 g/mol. The van der Waals surface area contributed by atoms with Crippen molar-refractivity contribution >= 4 is 35.2 Å². The van der Waals surface area contributed by atoms with Crippen molar-refractivity contribution in [1.29, 1.82) is 0 Å². The third-order valence-corrected chi connectivity index (χ3v) is 8.79. The Bertz CT molecular complexity index is 1240. The molecule has 2 aromatic carbocycles. The Morgan fingerprint density at radius 1 is 0.824 bits per heavy atom. The van der Waals surface area contributed by atoms with Gasteiger partial charge >= 0.3 is 0 Å². The number of hydrogen-bond donors (Lipinski definition) is 0. The number of carbonyl (C=O) groups is 3. The Hall–Kier alpha value is -3.12. The molecule has 3 amide bonds. The van der Waals surface area contributed by atoms with Crippen LogP contribution in [0.25, 0.3) is 0 Å². The van der Waals surface area contributed by atoms with E-state index < -0.39 is 0 Å². The average Bonchev–Trinajstić information content (AvgIpc) is 3.09. The molecule has 2 saturated heterocycles. The molecule has 6 heteroatoms. The number of nitrogens with zero attached hydrogens (tertiary/aromatic N) is 2. The van der Waals surface area contributed by atoms with E-state index >= 15 is 0 Å². The smallest absolute Gasteiger partial charge is 0.247 e. The van der Waals surface area contributed by atoms with Crippen LogP contribution in [-0.2, 0) is 14.4 Å². The minimum absolute atomic E-state index is 0.0187. The fourth-order valence-corrected chi connectivity index (χ4v) is 7.22. The molecule has 0 spiro atoms. The van der Waals surface area contributed by atoms with Gasteiger partial charge in [0.1, 0.15) is 0 Å². The monoisotopic (exact) mass is 470 g/mol. The molecule has 3 aliphatic heterocycles. The van der Waals surface area contributed by atoms with Crippen LogP contribution < -0.4 is 4.90 Å². The molecule has 172 valence electrons. The van der Waals surface area contributed by atoms with Gasteiger partial charge in [0, 0.05) is 29.5 Å². The van der Waals surface area contributed by atoms with Crippen molar-refractivity contribution in [2.24, 2.45) is 17.8 Å². The Labute approximate surface area is 203 Å². The number of carbonyl (C=O) groups excluding carboxylic acids is 3. The summed E-state index contributed by atoms with van der Waals surface area (Å²) in [6.07, 6.45) is 4.00. The molecule has 4 atom stereocenters. The molecule has 2 aromatic rings. The lowest BCUT2D eigenvalue weighted by Gasteiger charge is -2.47. The van der Waals surface area contributed by atoms with Crippen LogP contribution in [0.2, 0.25) is 0 Å². The van der Waals surface area contributed by atoms with Gasteiger partial charge < -0.3 is 4.90 Å². The highest BCUT2D eigenvalue weighted by molar-refractivity contribution is 8.03. The molecule has 6 rings (SSSR count). The Balaban J connectivity index is 1.28. The minimum atomic E-state index is -0.385. The van der Waals surface area contributed by atoms with Gasteiger partial charge in [0.05, 0.1) is 17.5 Å². The van der Waals surface area contributed by atoms with E-state index in [1.165, 1.54) is 16.0 Å². The van der Waals surface area contributed by atoms with Crippen LogP contribution in [0.5, 0.6) is 0 Å². The number of imide groups is 1. The number of fused-ring (bicyclic) bond motifs is 4. The first kappa shape index (κ1) is 21.4. The molecular weight excluding hydrogens is 444 g/mol. The molecule has 5 nitrogen and oxygen atoms in total. The third kappa shape index (κ3) is 3.43. The van der Waals surface area contributed by atoms with Crippen molar-refractivity contribution < 1.29 is 14.4 Å². The summed E-state index contributed by atoms with van der Waals surface area (Å²) in [4.78, 5) is 45.6. The van der Waals surface area contributed by atoms with E-state index in [2.05, 4.69) is 19.1 Å². The second-order valence-corrected chi connectivity index (χ2v) is 10.9. The maximum absolute atomic E-state index is 13.6. The maximum Gasteiger partial charge on any atom is 0.247 e. The van der Waals surface area contributed by atoms with Crippen molar-refractivity contribution in [3.63, 3.8) is 0 Å². The lowest BCUT2D eigenvalue weighted by Crippen LogP contribution is -2.53. The first-order valence-electron chi connectivity index (χ1n) is 11.9. The molecular formula is C28H26N2O3S. The van der Waals surface area contributed by atoms with Crippen LogP contribution in [0.1, 0.15) is 26.2 Å². The van der Waals surface area contributed by atoms with E-state index in [0.717, 1.165) is 22.6 Å². The zero-order chi connectivity index (χ0) is 23.4. The van der Waals surface area contributed by atoms with Crippen molar-refractivity contribution in [3.05, 3.63) is 82.8 Å². The zero-order valence-electron chi connectivity index (χ0n) is 19.0. The molecule has 3 heterocycles. The van der Waals surface area contributed by atoms with Crippen molar-refractivity contribution in [3.8, 4) is 0 Å². The van der Waals surface area contributed by atoms with Crippen LogP contribution in [0.3, 0.4) is 0 Å². The number of amides is 3. The molecule has 4 aliphatic rings. The molecule has 0 bridgehead atoms. The van der Waals surface area contributed by atoms with Crippen LogP contribution in [0.4, 0.5) is 5.69 Å². The number of piperidine rings is 1. The summed E-state index contributed by atoms with van der Waals surface area (Å²) in [5.41, 5.74) is 3.15. The van der Waals surface area contributed by atoms with E-state index in [-0.39, 0.29) is 41.5 Å². The molecule has 0 N–H and O–H groups in total. The summed E-state index contributed by atoms with van der Waals surface area (Å²) in [6.45, 7) is 2.62. The SMILES string of the molecule is CC1=C2C[C@@H]3CC(Sc4ccccc4)=CC(=O)N3C[C@H]2[C@H]2C(=O)N(c3ccccc3)C(=O)[C@H]2C1. The highest BCUT2D eigenvalue weighted by Gasteiger charge is 2.56. The largest absolute Gasteiger partial charge is 0.335 e. The van der Waals surface area contributed by atoms with E-state index in [1.54, 1.807) is 17.8 Å². The predicted molar refractivity (Wildman–Crippen MR) is 132 cm³/mol. The lowest BCUT2D eigenvalue weighted by molar-refractivity contribution is -0.133. The summed E-state index contributed by atoms with van der Waals surface area (Å²) in [5, 5.41) is 0. The second kappa shape index (κ2) is 8.27. The van der Waals surface area contributed by atoms with E-state index in [9.17, 15) is 14.4 Å². The van der Waals surface area contributed by atoms with Gasteiger partial charge in [0.2, 0.25) is 17.7 Å². The van der Waals surface area contributed by atoms with Gasteiger partial charge in [-0.1, -0.05) is 59.3 Å². The van der Waals surface area contributed by atoms with Gasteiger partial charge in [-0.15, -0.1) is 0 Å². The van der Waals surface area contributed by atoms with Gasteiger partial charge in [-0.05, 0) is 55.4 Å². The Morgan fingerprint density at radius 3 is 2.26 bits per heavy atom. The van der Waals surface area contributed by atoms with Crippen molar-refractivity contribution in [1.82, 2.24) is 4.90 Å². The van der Waals surface area contributed by atoms with Crippen molar-refractivity contribution in [2.75, 3.05) is 11.4 Å². The van der Waals surface area contributed by atoms with Gasteiger partial charge in [-0.2, -0.15) is 0 Å². The first-order chi connectivity index (χ1) is 16.5. The van der Waals surface area contributed by atoms with Crippen LogP contribution in [0, 0.1) is 17.8 Å². The van der Waals surface area contributed by atoms with E-state index in [1.807, 2.05) is 53.4 Å². The van der Waals surface area contributed by atoms with Crippen molar-refractivity contribution in [2.45, 2.75) is 37.1 Å². The predicted octanol–water partition coefficient (Wildman–Crippen LogP) is 4.81. The number of hydrogen-bond acceptors (Lipinski definition) is 4. The maximum atomic E-state index is 13.6. The highest BCUT2D eigenvalue weighted by Crippen LogP contribution is 2.50. The fraction of sp³-hybridized carbons (Fsp3) is 0.321. The van der Waals surface area contributed by atoms with Gasteiger partial charge in [0.15, 0.2) is 0 Å². The minimum Gasteiger partial charge on any atom is -0.335 e. The number of benzene rings is 2. The highest BCUT2D eigenvalue weighted by atomic mass is 32.2. The number of rotatable bonds is 3. The molecule has 2 fully saturated rings. The Morgan fingerprint density at radius 2 is 1.53 bits per heavy atom. The topological polar surface area (TPSA) is 57.7 Å². The van der Waals surface area contributed by atoms with Gasteiger partial charge in [-0.25, -0.2) is 0 Å². The van der Waals surface area contributed by atoms with E-state index in [0.29, 0.717) is 18.7 Å².